The van der Waals surface area contributed by atoms with E-state index in [9.17, 15) is 0 Å². The molecule has 0 radical (unpaired) electrons. The molecule has 0 aromatic heterocycles. The normalized spacial score (nSPS) is 14.4. The molecule has 1 heterocycles. The quantitative estimate of drug-likeness (QED) is 0.569. The van der Waals surface area contributed by atoms with E-state index in [1.165, 1.54) is 0 Å². The second-order valence-electron chi connectivity index (χ2n) is 3.31. The molecular formula is C11H14N2O. The van der Waals surface area contributed by atoms with Crippen molar-refractivity contribution in [3.8, 4) is 5.75 Å². The predicted octanol–water partition coefficient (Wildman–Crippen LogP) is 1.65. The van der Waals surface area contributed by atoms with Gasteiger partial charge in [0.15, 0.2) is 0 Å². The van der Waals surface area contributed by atoms with Crippen molar-refractivity contribution in [2.75, 3.05) is 30.3 Å². The molecule has 0 fully saturated rings. The summed E-state index contributed by atoms with van der Waals surface area (Å²) in [6, 6.07) is 5.72. The second kappa shape index (κ2) is 3.62. The zero-order valence-corrected chi connectivity index (χ0v) is 8.07. The standard InChI is InChI=1S/C11H14N2O/c1-2-5-13-6-7-14-11-4-3-9(12)8-10(11)13/h2-4,8H,1,5-7,12H2. The minimum absolute atomic E-state index is 0.727. The van der Waals surface area contributed by atoms with Crippen molar-refractivity contribution in [2.24, 2.45) is 0 Å². The van der Waals surface area contributed by atoms with Crippen LogP contribution in [-0.2, 0) is 0 Å². The number of anilines is 2. The van der Waals surface area contributed by atoms with Gasteiger partial charge in [0.25, 0.3) is 0 Å². The number of nitrogens with two attached hydrogens (primary N) is 1. The molecule has 1 aromatic rings. The number of ether oxygens (including phenoxy) is 1. The lowest BCUT2D eigenvalue weighted by molar-refractivity contribution is 0.309. The number of benzene rings is 1. The van der Waals surface area contributed by atoms with Gasteiger partial charge in [-0.2, -0.15) is 0 Å². The van der Waals surface area contributed by atoms with E-state index in [2.05, 4.69) is 11.5 Å². The maximum Gasteiger partial charge on any atom is 0.142 e. The zero-order chi connectivity index (χ0) is 9.97. The van der Waals surface area contributed by atoms with Crippen LogP contribution in [0.5, 0.6) is 5.75 Å². The second-order valence-corrected chi connectivity index (χ2v) is 3.31. The third kappa shape index (κ3) is 1.53. The van der Waals surface area contributed by atoms with E-state index in [1.54, 1.807) is 0 Å². The summed E-state index contributed by atoms with van der Waals surface area (Å²) < 4.78 is 5.52. The Morgan fingerprint density at radius 2 is 2.43 bits per heavy atom. The van der Waals surface area contributed by atoms with Crippen LogP contribution in [0.1, 0.15) is 0 Å². The minimum Gasteiger partial charge on any atom is -0.490 e. The van der Waals surface area contributed by atoms with Crippen LogP contribution in [0.4, 0.5) is 11.4 Å². The largest absolute Gasteiger partial charge is 0.490 e. The zero-order valence-electron chi connectivity index (χ0n) is 8.07. The van der Waals surface area contributed by atoms with E-state index in [0.717, 1.165) is 36.8 Å². The third-order valence-electron chi connectivity index (χ3n) is 2.29. The molecule has 3 nitrogen and oxygen atoms in total. The van der Waals surface area contributed by atoms with Gasteiger partial charge in [0.1, 0.15) is 12.4 Å². The van der Waals surface area contributed by atoms with Crippen LogP contribution in [0.15, 0.2) is 30.9 Å². The SMILES string of the molecule is C=CCN1CCOc2ccc(N)cc21. The van der Waals surface area contributed by atoms with Crippen LogP contribution >= 0.6 is 0 Å². The lowest BCUT2D eigenvalue weighted by Crippen LogP contribution is -2.32. The van der Waals surface area contributed by atoms with Crippen LogP contribution in [0.2, 0.25) is 0 Å². The fourth-order valence-corrected chi connectivity index (χ4v) is 1.64. The Morgan fingerprint density at radius 3 is 3.21 bits per heavy atom. The van der Waals surface area contributed by atoms with Gasteiger partial charge < -0.3 is 15.4 Å². The van der Waals surface area contributed by atoms with E-state index in [-0.39, 0.29) is 0 Å². The highest BCUT2D eigenvalue weighted by Gasteiger charge is 2.16. The van der Waals surface area contributed by atoms with Gasteiger partial charge in [0, 0.05) is 12.2 Å². The van der Waals surface area contributed by atoms with Crippen molar-refractivity contribution >= 4 is 11.4 Å². The average Bonchev–Trinajstić information content (AvgIpc) is 2.19. The molecule has 0 amide bonds. The summed E-state index contributed by atoms with van der Waals surface area (Å²) in [6.45, 7) is 6.19. The third-order valence-corrected chi connectivity index (χ3v) is 2.29. The molecule has 14 heavy (non-hydrogen) atoms. The highest BCUT2D eigenvalue weighted by Crippen LogP contribution is 2.32. The van der Waals surface area contributed by atoms with Crippen LogP contribution in [-0.4, -0.2) is 19.7 Å². The smallest absolute Gasteiger partial charge is 0.142 e. The molecule has 0 bridgehead atoms. The molecule has 0 saturated carbocycles. The van der Waals surface area contributed by atoms with E-state index in [1.807, 2.05) is 24.3 Å². The number of hydrogen-bond acceptors (Lipinski definition) is 3. The molecule has 3 heteroatoms. The fourth-order valence-electron chi connectivity index (χ4n) is 1.64. The molecule has 0 unspecified atom stereocenters. The van der Waals surface area contributed by atoms with Gasteiger partial charge in [-0.25, -0.2) is 0 Å². The highest BCUT2D eigenvalue weighted by molar-refractivity contribution is 5.66. The van der Waals surface area contributed by atoms with Crippen molar-refractivity contribution < 1.29 is 4.74 Å². The topological polar surface area (TPSA) is 38.5 Å². The molecule has 1 aliphatic rings. The van der Waals surface area contributed by atoms with Crippen molar-refractivity contribution in [1.82, 2.24) is 0 Å². The average molecular weight is 190 g/mol. The van der Waals surface area contributed by atoms with Crippen LogP contribution < -0.4 is 15.4 Å². The first kappa shape index (κ1) is 8.94. The molecule has 2 N–H and O–H groups in total. The Labute approximate surface area is 83.8 Å². The Hall–Kier alpha value is -1.64. The van der Waals surface area contributed by atoms with Crippen molar-refractivity contribution in [1.29, 1.82) is 0 Å². The molecule has 0 atom stereocenters. The summed E-state index contributed by atoms with van der Waals surface area (Å²) >= 11 is 0. The van der Waals surface area contributed by atoms with Crippen LogP contribution in [0, 0.1) is 0 Å². The number of hydrogen-bond donors (Lipinski definition) is 1. The lowest BCUT2D eigenvalue weighted by Gasteiger charge is -2.30. The van der Waals surface area contributed by atoms with E-state index in [0.29, 0.717) is 0 Å². The monoisotopic (exact) mass is 190 g/mol. The Morgan fingerprint density at radius 1 is 1.57 bits per heavy atom. The maximum absolute atomic E-state index is 5.73. The molecular weight excluding hydrogens is 176 g/mol. The molecule has 0 spiro atoms. The van der Waals surface area contributed by atoms with Crippen molar-refractivity contribution in [3.63, 3.8) is 0 Å². The Kier molecular flexibility index (Phi) is 2.31. The first-order valence-electron chi connectivity index (χ1n) is 4.69. The summed E-state index contributed by atoms with van der Waals surface area (Å²) in [4.78, 5) is 2.21. The first-order valence-corrected chi connectivity index (χ1v) is 4.69. The number of rotatable bonds is 2. The molecule has 0 saturated heterocycles. The van der Waals surface area contributed by atoms with E-state index >= 15 is 0 Å². The fraction of sp³-hybridized carbons (Fsp3) is 0.273. The van der Waals surface area contributed by atoms with Crippen molar-refractivity contribution in [3.05, 3.63) is 30.9 Å². The van der Waals surface area contributed by atoms with Crippen molar-refractivity contribution in [2.45, 2.75) is 0 Å². The van der Waals surface area contributed by atoms with Crippen LogP contribution in [0.3, 0.4) is 0 Å². The summed E-state index contributed by atoms with van der Waals surface area (Å²) in [5.74, 6) is 0.910. The molecule has 2 rings (SSSR count). The highest BCUT2D eigenvalue weighted by atomic mass is 16.5. The molecule has 1 aromatic carbocycles. The van der Waals surface area contributed by atoms with Gasteiger partial charge >= 0.3 is 0 Å². The number of fused-ring (bicyclic) bond motifs is 1. The summed E-state index contributed by atoms with van der Waals surface area (Å²) in [7, 11) is 0. The van der Waals surface area contributed by atoms with Gasteiger partial charge in [0.05, 0.1) is 12.2 Å². The first-order chi connectivity index (χ1) is 6.81. The molecule has 1 aliphatic heterocycles. The maximum atomic E-state index is 5.73. The van der Waals surface area contributed by atoms with Gasteiger partial charge in [-0.15, -0.1) is 6.58 Å². The van der Waals surface area contributed by atoms with Gasteiger partial charge in [0.2, 0.25) is 0 Å². The number of nitrogens with zero attached hydrogens (tertiary/aromatic N) is 1. The molecule has 74 valence electrons. The Bertz CT molecular complexity index is 349. The van der Waals surface area contributed by atoms with Gasteiger partial charge in [-0.05, 0) is 18.2 Å². The minimum atomic E-state index is 0.727. The van der Waals surface area contributed by atoms with E-state index in [4.69, 9.17) is 10.5 Å². The van der Waals surface area contributed by atoms with Gasteiger partial charge in [-0.1, -0.05) is 6.08 Å². The summed E-state index contributed by atoms with van der Waals surface area (Å²) in [5, 5.41) is 0. The lowest BCUT2D eigenvalue weighted by atomic mass is 10.2. The van der Waals surface area contributed by atoms with Crippen LogP contribution in [0.25, 0.3) is 0 Å². The molecule has 0 aliphatic carbocycles. The number of nitrogen functional groups attached to an aromatic ring is 1. The Balaban J connectivity index is 2.36. The summed E-state index contributed by atoms with van der Waals surface area (Å²) in [6.07, 6.45) is 1.89. The predicted molar refractivity (Wildman–Crippen MR) is 58.8 cm³/mol. The van der Waals surface area contributed by atoms with Gasteiger partial charge in [-0.3, -0.25) is 0 Å². The van der Waals surface area contributed by atoms with E-state index < -0.39 is 0 Å². The summed E-state index contributed by atoms with van der Waals surface area (Å²) in [5.41, 5.74) is 7.57.